The SMILES string of the molecule is COc1ccc(NCc2cncnc2)cc1OC(F)F. The Balaban J connectivity index is 2.08. The summed E-state index contributed by atoms with van der Waals surface area (Å²) in [5, 5.41) is 3.07. The minimum atomic E-state index is -2.90. The van der Waals surface area contributed by atoms with Crippen molar-refractivity contribution in [2.24, 2.45) is 0 Å². The van der Waals surface area contributed by atoms with Gasteiger partial charge in [0.15, 0.2) is 11.5 Å². The maximum atomic E-state index is 12.3. The molecule has 0 saturated heterocycles. The predicted molar refractivity (Wildman–Crippen MR) is 69.0 cm³/mol. The van der Waals surface area contributed by atoms with Crippen LogP contribution in [0.4, 0.5) is 14.5 Å². The van der Waals surface area contributed by atoms with Gasteiger partial charge in [0.2, 0.25) is 0 Å². The van der Waals surface area contributed by atoms with E-state index in [1.54, 1.807) is 24.5 Å². The second-order valence-corrected chi connectivity index (χ2v) is 3.84. The Bertz CT molecular complexity index is 553. The van der Waals surface area contributed by atoms with Crippen LogP contribution in [0.2, 0.25) is 0 Å². The van der Waals surface area contributed by atoms with E-state index in [0.717, 1.165) is 5.56 Å². The number of alkyl halides is 2. The van der Waals surface area contributed by atoms with Gasteiger partial charge < -0.3 is 14.8 Å². The van der Waals surface area contributed by atoms with Crippen LogP contribution < -0.4 is 14.8 Å². The molecule has 2 aromatic rings. The van der Waals surface area contributed by atoms with Gasteiger partial charge in [-0.05, 0) is 12.1 Å². The average molecular weight is 281 g/mol. The van der Waals surface area contributed by atoms with Gasteiger partial charge in [-0.25, -0.2) is 9.97 Å². The molecule has 0 radical (unpaired) electrons. The second-order valence-electron chi connectivity index (χ2n) is 3.84. The molecule has 0 bridgehead atoms. The van der Waals surface area contributed by atoms with E-state index >= 15 is 0 Å². The van der Waals surface area contributed by atoms with Gasteiger partial charge in [-0.1, -0.05) is 0 Å². The first-order valence-corrected chi connectivity index (χ1v) is 5.79. The molecule has 0 unspecified atom stereocenters. The number of nitrogens with zero attached hydrogens (tertiary/aromatic N) is 2. The van der Waals surface area contributed by atoms with Gasteiger partial charge in [-0.2, -0.15) is 8.78 Å². The molecule has 7 heteroatoms. The monoisotopic (exact) mass is 281 g/mol. The van der Waals surface area contributed by atoms with Crippen LogP contribution in [-0.4, -0.2) is 23.7 Å². The van der Waals surface area contributed by atoms with Crippen molar-refractivity contribution in [3.63, 3.8) is 0 Å². The lowest BCUT2D eigenvalue weighted by Crippen LogP contribution is -2.05. The Morgan fingerprint density at radius 3 is 2.60 bits per heavy atom. The fraction of sp³-hybridized carbons (Fsp3) is 0.231. The van der Waals surface area contributed by atoms with Crippen LogP contribution in [-0.2, 0) is 6.54 Å². The van der Waals surface area contributed by atoms with Gasteiger partial charge in [0.1, 0.15) is 6.33 Å². The summed E-state index contributed by atoms with van der Waals surface area (Å²) >= 11 is 0. The number of nitrogens with one attached hydrogen (secondary N) is 1. The summed E-state index contributed by atoms with van der Waals surface area (Å²) in [6.07, 6.45) is 4.77. The van der Waals surface area contributed by atoms with Crippen molar-refractivity contribution < 1.29 is 18.3 Å². The largest absolute Gasteiger partial charge is 0.493 e. The second kappa shape index (κ2) is 6.65. The first-order chi connectivity index (χ1) is 9.69. The lowest BCUT2D eigenvalue weighted by Gasteiger charge is -2.12. The third-order valence-corrected chi connectivity index (χ3v) is 2.49. The van der Waals surface area contributed by atoms with Crippen LogP contribution in [0, 0.1) is 0 Å². The molecule has 1 N–H and O–H groups in total. The summed E-state index contributed by atoms with van der Waals surface area (Å²) in [5.74, 6) is 0.232. The highest BCUT2D eigenvalue weighted by Crippen LogP contribution is 2.31. The molecule has 1 heterocycles. The Kier molecular flexibility index (Phi) is 4.65. The molecule has 106 valence electrons. The van der Waals surface area contributed by atoms with Crippen molar-refractivity contribution in [3.05, 3.63) is 42.5 Å². The van der Waals surface area contributed by atoms with Crippen molar-refractivity contribution in [2.75, 3.05) is 12.4 Å². The number of anilines is 1. The Morgan fingerprint density at radius 1 is 1.20 bits per heavy atom. The van der Waals surface area contributed by atoms with Crippen LogP contribution >= 0.6 is 0 Å². The van der Waals surface area contributed by atoms with Crippen molar-refractivity contribution >= 4 is 5.69 Å². The number of methoxy groups -OCH3 is 1. The van der Waals surface area contributed by atoms with Gasteiger partial charge >= 0.3 is 6.61 Å². The summed E-state index contributed by atoms with van der Waals surface area (Å²) in [4.78, 5) is 7.77. The Labute approximate surface area is 114 Å². The number of hydrogen-bond acceptors (Lipinski definition) is 5. The summed E-state index contributed by atoms with van der Waals surface area (Å²) in [6.45, 7) is -2.43. The van der Waals surface area contributed by atoms with E-state index in [1.165, 1.54) is 19.5 Å². The van der Waals surface area contributed by atoms with E-state index in [2.05, 4.69) is 20.0 Å². The molecule has 0 aliphatic heterocycles. The number of aromatic nitrogens is 2. The topological polar surface area (TPSA) is 56.3 Å². The molecule has 20 heavy (non-hydrogen) atoms. The number of benzene rings is 1. The van der Waals surface area contributed by atoms with E-state index in [0.29, 0.717) is 12.2 Å². The van der Waals surface area contributed by atoms with Crippen LogP contribution in [0.3, 0.4) is 0 Å². The molecule has 5 nitrogen and oxygen atoms in total. The molecule has 2 rings (SSSR count). The summed E-state index contributed by atoms with van der Waals surface area (Å²) in [7, 11) is 1.39. The predicted octanol–water partition coefficient (Wildman–Crippen LogP) is 2.70. The molecular formula is C13H13F2N3O2. The molecule has 0 aliphatic rings. The molecule has 1 aromatic heterocycles. The average Bonchev–Trinajstić information content (AvgIpc) is 2.46. The summed E-state index contributed by atoms with van der Waals surface area (Å²) in [6, 6.07) is 4.72. The number of ether oxygens (including phenoxy) is 2. The summed E-state index contributed by atoms with van der Waals surface area (Å²) in [5.41, 5.74) is 1.50. The van der Waals surface area contributed by atoms with Crippen LogP contribution in [0.25, 0.3) is 0 Å². The van der Waals surface area contributed by atoms with Crippen LogP contribution in [0.15, 0.2) is 36.9 Å². The fourth-order valence-electron chi connectivity index (χ4n) is 1.60. The van der Waals surface area contributed by atoms with Crippen LogP contribution in [0.1, 0.15) is 5.56 Å². The lowest BCUT2D eigenvalue weighted by molar-refractivity contribution is -0.0511. The molecule has 1 aromatic carbocycles. The fourth-order valence-corrected chi connectivity index (χ4v) is 1.60. The standard InChI is InChI=1S/C13H13F2N3O2/c1-19-11-3-2-10(4-12(11)20-13(14)15)18-7-9-5-16-8-17-6-9/h2-6,8,13,18H,7H2,1H3. The quantitative estimate of drug-likeness (QED) is 0.882. The molecular weight excluding hydrogens is 268 g/mol. The maximum absolute atomic E-state index is 12.3. The van der Waals surface area contributed by atoms with E-state index in [4.69, 9.17) is 4.74 Å². The highest BCUT2D eigenvalue weighted by atomic mass is 19.3. The van der Waals surface area contributed by atoms with E-state index in [1.807, 2.05) is 0 Å². The van der Waals surface area contributed by atoms with Gasteiger partial charge in [-0.3, -0.25) is 0 Å². The van der Waals surface area contributed by atoms with E-state index in [9.17, 15) is 8.78 Å². The zero-order chi connectivity index (χ0) is 14.4. The molecule has 0 spiro atoms. The van der Waals surface area contributed by atoms with Crippen molar-refractivity contribution in [1.82, 2.24) is 9.97 Å². The highest BCUT2D eigenvalue weighted by Gasteiger charge is 2.11. The molecule has 0 atom stereocenters. The third kappa shape index (κ3) is 3.78. The zero-order valence-corrected chi connectivity index (χ0v) is 10.7. The van der Waals surface area contributed by atoms with E-state index < -0.39 is 6.61 Å². The zero-order valence-electron chi connectivity index (χ0n) is 10.7. The van der Waals surface area contributed by atoms with Crippen molar-refractivity contribution in [3.8, 4) is 11.5 Å². The van der Waals surface area contributed by atoms with Crippen molar-refractivity contribution in [1.29, 1.82) is 0 Å². The number of halogens is 2. The lowest BCUT2D eigenvalue weighted by atomic mass is 10.2. The molecule has 0 fully saturated rings. The first-order valence-electron chi connectivity index (χ1n) is 5.79. The molecule has 0 aliphatic carbocycles. The Hall–Kier alpha value is -2.44. The molecule has 0 amide bonds. The van der Waals surface area contributed by atoms with Crippen molar-refractivity contribution in [2.45, 2.75) is 13.2 Å². The van der Waals surface area contributed by atoms with Gasteiger partial charge in [0, 0.05) is 36.3 Å². The highest BCUT2D eigenvalue weighted by molar-refractivity contribution is 5.54. The minimum absolute atomic E-state index is 0.0168. The Morgan fingerprint density at radius 2 is 1.95 bits per heavy atom. The number of rotatable bonds is 6. The third-order valence-electron chi connectivity index (χ3n) is 2.49. The first kappa shape index (κ1) is 14.0. The normalized spacial score (nSPS) is 10.4. The smallest absolute Gasteiger partial charge is 0.387 e. The minimum Gasteiger partial charge on any atom is -0.493 e. The van der Waals surface area contributed by atoms with E-state index in [-0.39, 0.29) is 11.5 Å². The molecule has 0 saturated carbocycles. The number of hydrogen-bond donors (Lipinski definition) is 1. The maximum Gasteiger partial charge on any atom is 0.387 e. The summed E-state index contributed by atoms with van der Waals surface area (Å²) < 4.78 is 34.0. The van der Waals surface area contributed by atoms with Gasteiger partial charge in [-0.15, -0.1) is 0 Å². The van der Waals surface area contributed by atoms with Crippen LogP contribution in [0.5, 0.6) is 11.5 Å². The van der Waals surface area contributed by atoms with Gasteiger partial charge in [0.25, 0.3) is 0 Å². The van der Waals surface area contributed by atoms with Gasteiger partial charge in [0.05, 0.1) is 7.11 Å².